The Balaban J connectivity index is 1.86. The lowest BCUT2D eigenvalue weighted by Gasteiger charge is -2.16. The zero-order chi connectivity index (χ0) is 21.1. The lowest BCUT2D eigenvalue weighted by Crippen LogP contribution is -2.37. The first-order chi connectivity index (χ1) is 13.9. The molecule has 2 aromatic carbocycles. The summed E-state index contributed by atoms with van der Waals surface area (Å²) >= 11 is 0. The Bertz CT molecular complexity index is 985. The highest BCUT2D eigenvalue weighted by atomic mass is 16.5. The van der Waals surface area contributed by atoms with Crippen LogP contribution in [-0.2, 0) is 9.59 Å². The van der Waals surface area contributed by atoms with Gasteiger partial charge in [-0.05, 0) is 42.5 Å². The van der Waals surface area contributed by atoms with Crippen LogP contribution in [0.1, 0.15) is 10.4 Å². The molecule has 0 spiro atoms. The van der Waals surface area contributed by atoms with Crippen LogP contribution in [0.4, 0.5) is 10.5 Å². The fraction of sp³-hybridized carbons (Fsp3) is 0.200. The molecule has 3 rings (SSSR count). The minimum atomic E-state index is -1.08. The number of nitrogens with zero attached hydrogens (tertiary/aromatic N) is 2. The van der Waals surface area contributed by atoms with E-state index in [0.717, 1.165) is 4.90 Å². The largest absolute Gasteiger partial charge is 0.497 e. The second-order valence-electron chi connectivity index (χ2n) is 6.00. The van der Waals surface area contributed by atoms with E-state index in [9.17, 15) is 19.2 Å². The lowest BCUT2D eigenvalue weighted by molar-refractivity contribution is -0.139. The number of Topliss-reactive ketones (excluding diaryl/α,β-unsaturated/α-hetero) is 1. The number of methoxy groups -OCH3 is 3. The summed E-state index contributed by atoms with van der Waals surface area (Å²) in [7, 11) is 4.31. The van der Waals surface area contributed by atoms with Gasteiger partial charge in [-0.2, -0.15) is 0 Å². The maximum atomic E-state index is 12.7. The van der Waals surface area contributed by atoms with Gasteiger partial charge in [0.25, 0.3) is 0 Å². The van der Waals surface area contributed by atoms with Crippen molar-refractivity contribution in [2.75, 3.05) is 32.8 Å². The Labute approximate surface area is 166 Å². The van der Waals surface area contributed by atoms with E-state index < -0.39 is 30.2 Å². The second-order valence-corrected chi connectivity index (χ2v) is 6.00. The molecule has 1 heterocycles. The van der Waals surface area contributed by atoms with E-state index in [-0.39, 0.29) is 17.0 Å². The second kappa shape index (κ2) is 8.01. The molecule has 0 aliphatic carbocycles. The van der Waals surface area contributed by atoms with Crippen LogP contribution in [-0.4, -0.2) is 56.4 Å². The Morgan fingerprint density at radius 1 is 0.828 bits per heavy atom. The molecule has 1 fully saturated rings. The summed E-state index contributed by atoms with van der Waals surface area (Å²) in [6.07, 6.45) is 0. The van der Waals surface area contributed by atoms with Crippen LogP contribution in [0.15, 0.2) is 42.5 Å². The molecule has 0 atom stereocenters. The van der Waals surface area contributed by atoms with Crippen molar-refractivity contribution in [3.8, 4) is 17.2 Å². The summed E-state index contributed by atoms with van der Waals surface area (Å²) in [6.45, 7) is -0.612. The number of urea groups is 1. The highest BCUT2D eigenvalue weighted by molar-refractivity contribution is 6.53. The van der Waals surface area contributed by atoms with Gasteiger partial charge in [0.05, 0.1) is 39.1 Å². The van der Waals surface area contributed by atoms with Gasteiger partial charge >= 0.3 is 17.8 Å². The smallest absolute Gasteiger partial charge is 0.339 e. The first kappa shape index (κ1) is 19.9. The number of hydrogen-bond acceptors (Lipinski definition) is 7. The Kier molecular flexibility index (Phi) is 5.49. The molecule has 1 aliphatic rings. The van der Waals surface area contributed by atoms with Crippen molar-refractivity contribution in [1.82, 2.24) is 4.90 Å². The maximum absolute atomic E-state index is 12.7. The van der Waals surface area contributed by atoms with Crippen LogP contribution in [0.25, 0.3) is 0 Å². The summed E-state index contributed by atoms with van der Waals surface area (Å²) in [5.74, 6) is -1.51. The average molecular weight is 398 g/mol. The molecule has 1 saturated heterocycles. The number of ketones is 1. The quantitative estimate of drug-likeness (QED) is 0.399. The summed E-state index contributed by atoms with van der Waals surface area (Å²) in [5.41, 5.74) is 0.325. The van der Waals surface area contributed by atoms with Crippen molar-refractivity contribution in [3.05, 3.63) is 48.0 Å². The number of carbonyl (C=O) groups excluding carboxylic acids is 4. The molecule has 1 aliphatic heterocycles. The fourth-order valence-electron chi connectivity index (χ4n) is 2.86. The summed E-state index contributed by atoms with van der Waals surface area (Å²) < 4.78 is 15.3. The van der Waals surface area contributed by atoms with Crippen LogP contribution < -0.4 is 19.1 Å². The molecule has 0 saturated carbocycles. The van der Waals surface area contributed by atoms with E-state index in [1.54, 1.807) is 18.2 Å². The molecule has 0 N–H and O–H groups in total. The number of ether oxygens (including phenoxy) is 3. The highest BCUT2D eigenvalue weighted by Gasteiger charge is 2.46. The molecule has 0 unspecified atom stereocenters. The predicted octanol–water partition coefficient (Wildman–Crippen LogP) is 1.89. The van der Waals surface area contributed by atoms with Crippen LogP contribution in [0.2, 0.25) is 0 Å². The third-order valence-corrected chi connectivity index (χ3v) is 4.39. The van der Waals surface area contributed by atoms with E-state index >= 15 is 0 Å². The molecule has 0 bridgehead atoms. The molecular formula is C20H18N2O7. The van der Waals surface area contributed by atoms with Gasteiger partial charge in [-0.25, -0.2) is 14.6 Å². The van der Waals surface area contributed by atoms with Crippen molar-refractivity contribution in [2.45, 2.75) is 0 Å². The van der Waals surface area contributed by atoms with Crippen LogP contribution in [0.5, 0.6) is 17.2 Å². The van der Waals surface area contributed by atoms with Crippen LogP contribution in [0, 0.1) is 0 Å². The molecule has 9 nitrogen and oxygen atoms in total. The number of anilines is 1. The maximum Gasteiger partial charge on any atom is 0.339 e. The van der Waals surface area contributed by atoms with E-state index in [1.165, 1.54) is 45.6 Å². The summed E-state index contributed by atoms with van der Waals surface area (Å²) in [6, 6.07) is 9.72. The molecule has 0 radical (unpaired) electrons. The van der Waals surface area contributed by atoms with Gasteiger partial charge in [0.1, 0.15) is 17.2 Å². The van der Waals surface area contributed by atoms with E-state index in [4.69, 9.17) is 14.2 Å². The van der Waals surface area contributed by atoms with E-state index in [2.05, 4.69) is 0 Å². The van der Waals surface area contributed by atoms with E-state index in [1.807, 2.05) is 0 Å². The summed E-state index contributed by atoms with van der Waals surface area (Å²) in [4.78, 5) is 51.5. The average Bonchev–Trinajstić information content (AvgIpc) is 2.96. The van der Waals surface area contributed by atoms with Crippen molar-refractivity contribution in [3.63, 3.8) is 0 Å². The van der Waals surface area contributed by atoms with Gasteiger partial charge in [-0.3, -0.25) is 14.4 Å². The standard InChI is InChI=1S/C20H18N2O7/c1-27-13-6-4-12(5-7-13)22-19(25)18(24)21(20(22)26)11-16(23)15-10-14(28-2)8-9-17(15)29-3/h4-10H,11H2,1-3H3. The van der Waals surface area contributed by atoms with Crippen molar-refractivity contribution in [1.29, 1.82) is 0 Å². The molecule has 4 amide bonds. The first-order valence-electron chi connectivity index (χ1n) is 8.50. The topological polar surface area (TPSA) is 102 Å². The van der Waals surface area contributed by atoms with Gasteiger partial charge in [0.15, 0.2) is 5.78 Å². The molecule has 150 valence electrons. The molecule has 0 aromatic heterocycles. The highest BCUT2D eigenvalue weighted by Crippen LogP contribution is 2.27. The van der Waals surface area contributed by atoms with Crippen LogP contribution >= 0.6 is 0 Å². The minimum Gasteiger partial charge on any atom is -0.497 e. The zero-order valence-electron chi connectivity index (χ0n) is 16.0. The Morgan fingerprint density at radius 2 is 1.45 bits per heavy atom. The fourth-order valence-corrected chi connectivity index (χ4v) is 2.86. The molecule has 9 heteroatoms. The van der Waals surface area contributed by atoms with Crippen LogP contribution in [0.3, 0.4) is 0 Å². The van der Waals surface area contributed by atoms with Gasteiger partial charge in [0, 0.05) is 0 Å². The SMILES string of the molecule is COc1ccc(N2C(=O)C(=O)N(CC(=O)c3cc(OC)ccc3OC)C2=O)cc1. The number of rotatable bonds is 7. The van der Waals surface area contributed by atoms with Crippen molar-refractivity contribution < 1.29 is 33.4 Å². The van der Waals surface area contributed by atoms with Crippen molar-refractivity contribution in [2.24, 2.45) is 0 Å². The predicted molar refractivity (Wildman–Crippen MR) is 101 cm³/mol. The Hall–Kier alpha value is -3.88. The third-order valence-electron chi connectivity index (χ3n) is 4.39. The van der Waals surface area contributed by atoms with Gasteiger partial charge in [0.2, 0.25) is 0 Å². The van der Waals surface area contributed by atoms with Gasteiger partial charge in [-0.1, -0.05) is 0 Å². The molecular weight excluding hydrogens is 380 g/mol. The normalized spacial score (nSPS) is 13.7. The van der Waals surface area contributed by atoms with Gasteiger partial charge in [-0.15, -0.1) is 0 Å². The number of carbonyl (C=O) groups is 4. The molecule has 29 heavy (non-hydrogen) atoms. The molecule has 2 aromatic rings. The lowest BCUT2D eigenvalue weighted by atomic mass is 10.1. The minimum absolute atomic E-state index is 0.128. The van der Waals surface area contributed by atoms with E-state index in [0.29, 0.717) is 16.4 Å². The number of benzene rings is 2. The number of hydrogen-bond donors (Lipinski definition) is 0. The summed E-state index contributed by atoms with van der Waals surface area (Å²) in [5, 5.41) is 0. The Morgan fingerprint density at radius 3 is 2.03 bits per heavy atom. The van der Waals surface area contributed by atoms with Gasteiger partial charge < -0.3 is 14.2 Å². The number of imide groups is 2. The number of amides is 4. The first-order valence-corrected chi connectivity index (χ1v) is 8.50. The van der Waals surface area contributed by atoms with Crippen molar-refractivity contribution >= 4 is 29.3 Å². The monoisotopic (exact) mass is 398 g/mol. The third kappa shape index (κ3) is 3.62. The zero-order valence-corrected chi connectivity index (χ0v) is 16.0.